The quantitative estimate of drug-likeness (QED) is 0.728. The van der Waals surface area contributed by atoms with Gasteiger partial charge in [-0.05, 0) is 11.6 Å². The van der Waals surface area contributed by atoms with Crippen molar-refractivity contribution in [2.45, 2.75) is 19.1 Å². The molecular weight excluding hydrogens is 328 g/mol. The second-order valence-electron chi connectivity index (χ2n) is 4.32. The van der Waals surface area contributed by atoms with Crippen LogP contribution in [-0.4, -0.2) is 46.8 Å². The molecule has 1 unspecified atom stereocenters. The number of carbonyl (C=O) groups excluding carboxylic acids is 1. The number of carboxylic acids is 1. The standard InChI is InChI=1S/C13H17BrN2O4/c1-16(8-9-4-2-3-5-10(9)14)13(20)15-7-6-11(17)12(18)19/h2-5,11,17H,6-8H2,1H3,(H,15,20)(H,18,19). The minimum Gasteiger partial charge on any atom is -0.479 e. The highest BCUT2D eigenvalue weighted by atomic mass is 79.9. The van der Waals surface area contributed by atoms with E-state index in [0.29, 0.717) is 6.54 Å². The van der Waals surface area contributed by atoms with Crippen molar-refractivity contribution in [1.29, 1.82) is 0 Å². The number of aliphatic hydroxyl groups excluding tert-OH is 1. The van der Waals surface area contributed by atoms with E-state index in [1.165, 1.54) is 4.90 Å². The largest absolute Gasteiger partial charge is 0.479 e. The topological polar surface area (TPSA) is 89.9 Å². The lowest BCUT2D eigenvalue weighted by molar-refractivity contribution is -0.146. The van der Waals surface area contributed by atoms with Crippen LogP contribution >= 0.6 is 15.9 Å². The predicted molar refractivity (Wildman–Crippen MR) is 77.3 cm³/mol. The summed E-state index contributed by atoms with van der Waals surface area (Å²) >= 11 is 3.40. The van der Waals surface area contributed by atoms with Gasteiger partial charge in [-0.1, -0.05) is 34.1 Å². The van der Waals surface area contributed by atoms with Crippen molar-refractivity contribution < 1.29 is 19.8 Å². The molecule has 1 rings (SSSR count). The summed E-state index contributed by atoms with van der Waals surface area (Å²) in [5, 5.41) is 20.1. The third kappa shape index (κ3) is 5.18. The minimum atomic E-state index is -1.45. The molecule has 7 heteroatoms. The molecule has 0 aliphatic carbocycles. The average Bonchev–Trinajstić information content (AvgIpc) is 2.40. The Kier molecular flexibility index (Phi) is 6.47. The molecule has 1 atom stereocenters. The second kappa shape index (κ2) is 7.86. The number of benzene rings is 1. The van der Waals surface area contributed by atoms with Gasteiger partial charge in [-0.25, -0.2) is 9.59 Å². The number of hydrogen-bond acceptors (Lipinski definition) is 3. The lowest BCUT2D eigenvalue weighted by Gasteiger charge is -2.19. The van der Waals surface area contributed by atoms with E-state index in [2.05, 4.69) is 21.2 Å². The van der Waals surface area contributed by atoms with Crippen LogP contribution in [0.1, 0.15) is 12.0 Å². The first-order valence-electron chi connectivity index (χ1n) is 6.05. The molecule has 0 heterocycles. The van der Waals surface area contributed by atoms with Crippen molar-refractivity contribution in [3.8, 4) is 0 Å². The van der Waals surface area contributed by atoms with Gasteiger partial charge in [0.25, 0.3) is 0 Å². The van der Waals surface area contributed by atoms with Gasteiger partial charge in [0.2, 0.25) is 0 Å². The summed E-state index contributed by atoms with van der Waals surface area (Å²) in [6.45, 7) is 0.529. The van der Waals surface area contributed by atoms with E-state index in [9.17, 15) is 9.59 Å². The SMILES string of the molecule is CN(Cc1ccccc1Br)C(=O)NCCC(O)C(=O)O. The van der Waals surface area contributed by atoms with Gasteiger partial charge >= 0.3 is 12.0 Å². The van der Waals surface area contributed by atoms with E-state index < -0.39 is 12.1 Å². The third-order valence-electron chi connectivity index (χ3n) is 2.69. The van der Waals surface area contributed by atoms with Gasteiger partial charge in [-0.2, -0.15) is 0 Å². The zero-order chi connectivity index (χ0) is 15.1. The summed E-state index contributed by atoms with van der Waals surface area (Å²) in [5.74, 6) is -1.29. The number of amides is 2. The van der Waals surface area contributed by atoms with Gasteiger partial charge in [-0.15, -0.1) is 0 Å². The monoisotopic (exact) mass is 344 g/mol. The molecule has 1 aromatic rings. The molecule has 0 saturated carbocycles. The van der Waals surface area contributed by atoms with E-state index in [4.69, 9.17) is 10.2 Å². The van der Waals surface area contributed by atoms with E-state index in [0.717, 1.165) is 10.0 Å². The van der Waals surface area contributed by atoms with Crippen LogP contribution in [0.25, 0.3) is 0 Å². The van der Waals surface area contributed by atoms with E-state index in [1.807, 2.05) is 24.3 Å². The summed E-state index contributed by atoms with van der Waals surface area (Å²) < 4.78 is 0.918. The molecule has 20 heavy (non-hydrogen) atoms. The van der Waals surface area contributed by atoms with Crippen molar-refractivity contribution in [2.75, 3.05) is 13.6 Å². The van der Waals surface area contributed by atoms with Crippen molar-refractivity contribution >= 4 is 27.9 Å². The van der Waals surface area contributed by atoms with Crippen molar-refractivity contribution in [3.63, 3.8) is 0 Å². The van der Waals surface area contributed by atoms with Crippen LogP contribution in [0.15, 0.2) is 28.7 Å². The lowest BCUT2D eigenvalue weighted by atomic mass is 10.2. The number of aliphatic carboxylic acids is 1. The summed E-state index contributed by atoms with van der Waals surface area (Å²) in [7, 11) is 1.64. The fourth-order valence-corrected chi connectivity index (χ4v) is 1.94. The fraction of sp³-hybridized carbons (Fsp3) is 0.385. The summed E-state index contributed by atoms with van der Waals surface area (Å²) in [5.41, 5.74) is 0.968. The number of halogens is 1. The molecule has 0 bridgehead atoms. The highest BCUT2D eigenvalue weighted by molar-refractivity contribution is 9.10. The molecule has 2 amide bonds. The minimum absolute atomic E-state index is 0.0239. The second-order valence-corrected chi connectivity index (χ2v) is 5.18. The molecule has 0 spiro atoms. The van der Waals surface area contributed by atoms with Crippen LogP contribution in [0, 0.1) is 0 Å². The van der Waals surface area contributed by atoms with E-state index in [1.54, 1.807) is 7.05 Å². The first-order valence-corrected chi connectivity index (χ1v) is 6.84. The predicted octanol–water partition coefficient (Wildman–Crippen LogP) is 1.43. The van der Waals surface area contributed by atoms with Crippen LogP contribution in [0.3, 0.4) is 0 Å². The van der Waals surface area contributed by atoms with Crippen LogP contribution in [0.2, 0.25) is 0 Å². The van der Waals surface area contributed by atoms with Crippen LogP contribution < -0.4 is 5.32 Å². The average molecular weight is 345 g/mol. The van der Waals surface area contributed by atoms with Gasteiger partial charge in [-0.3, -0.25) is 0 Å². The molecule has 0 radical (unpaired) electrons. The van der Waals surface area contributed by atoms with E-state index in [-0.39, 0.29) is 19.0 Å². The van der Waals surface area contributed by atoms with Crippen molar-refractivity contribution in [2.24, 2.45) is 0 Å². The lowest BCUT2D eigenvalue weighted by Crippen LogP contribution is -2.38. The Labute approximate surface area is 125 Å². The van der Waals surface area contributed by atoms with Crippen molar-refractivity contribution in [3.05, 3.63) is 34.3 Å². The Hall–Kier alpha value is -1.60. The normalized spacial score (nSPS) is 11.8. The molecule has 0 fully saturated rings. The number of rotatable bonds is 6. The zero-order valence-corrected chi connectivity index (χ0v) is 12.6. The Morgan fingerprint density at radius 3 is 2.65 bits per heavy atom. The van der Waals surface area contributed by atoms with Crippen molar-refractivity contribution in [1.82, 2.24) is 10.2 Å². The van der Waals surface area contributed by atoms with Gasteiger partial charge < -0.3 is 20.4 Å². The molecule has 0 aliphatic rings. The molecule has 3 N–H and O–H groups in total. The number of nitrogens with one attached hydrogen (secondary N) is 1. The Bertz CT molecular complexity index is 481. The maximum absolute atomic E-state index is 11.8. The highest BCUT2D eigenvalue weighted by Gasteiger charge is 2.14. The third-order valence-corrected chi connectivity index (χ3v) is 3.46. The summed E-state index contributed by atoms with van der Waals surface area (Å²) in [6.07, 6.45) is -1.48. The summed E-state index contributed by atoms with van der Waals surface area (Å²) in [4.78, 5) is 23.7. The first-order chi connectivity index (χ1) is 9.41. The highest BCUT2D eigenvalue weighted by Crippen LogP contribution is 2.17. The first kappa shape index (κ1) is 16.5. The Morgan fingerprint density at radius 2 is 2.05 bits per heavy atom. The number of aliphatic hydroxyl groups is 1. The van der Waals surface area contributed by atoms with Gasteiger partial charge in [0, 0.05) is 31.0 Å². The van der Waals surface area contributed by atoms with Gasteiger partial charge in [0.1, 0.15) is 0 Å². The molecule has 110 valence electrons. The van der Waals surface area contributed by atoms with Gasteiger partial charge in [0.15, 0.2) is 6.10 Å². The van der Waals surface area contributed by atoms with Crippen LogP contribution in [0.5, 0.6) is 0 Å². The summed E-state index contributed by atoms with van der Waals surface area (Å²) in [6, 6.07) is 7.25. The molecule has 0 saturated heterocycles. The smallest absolute Gasteiger partial charge is 0.332 e. The maximum atomic E-state index is 11.8. The number of urea groups is 1. The van der Waals surface area contributed by atoms with Crippen LogP contribution in [0.4, 0.5) is 4.79 Å². The molecule has 1 aromatic carbocycles. The zero-order valence-electron chi connectivity index (χ0n) is 11.0. The van der Waals surface area contributed by atoms with Gasteiger partial charge in [0.05, 0.1) is 0 Å². The van der Waals surface area contributed by atoms with Crippen LogP contribution in [-0.2, 0) is 11.3 Å². The number of hydrogen-bond donors (Lipinski definition) is 3. The number of carbonyl (C=O) groups is 2. The Balaban J connectivity index is 2.40. The van der Waals surface area contributed by atoms with E-state index >= 15 is 0 Å². The number of nitrogens with zero attached hydrogens (tertiary/aromatic N) is 1. The molecule has 0 aliphatic heterocycles. The Morgan fingerprint density at radius 1 is 1.40 bits per heavy atom. The number of carboxylic acid groups (broad SMARTS) is 1. The molecular formula is C13H17BrN2O4. The molecule has 0 aromatic heterocycles. The fourth-order valence-electron chi connectivity index (χ4n) is 1.53. The molecule has 6 nitrogen and oxygen atoms in total. The maximum Gasteiger partial charge on any atom is 0.332 e.